The molecule has 3 aromatic heterocycles. The molecular weight excluding hydrogens is 398 g/mol. The highest BCUT2D eigenvalue weighted by Gasteiger charge is 2.07. The Bertz CT molecular complexity index is 1410. The summed E-state index contributed by atoms with van der Waals surface area (Å²) in [5, 5.41) is 4.91. The van der Waals surface area contributed by atoms with Crippen LogP contribution in [0.3, 0.4) is 0 Å². The fraction of sp³-hybridized carbons (Fsp3) is 0.0455. The third kappa shape index (κ3) is 4.21. The molecule has 1 aromatic carbocycles. The van der Waals surface area contributed by atoms with Crippen LogP contribution in [-0.4, -0.2) is 29.6 Å². The maximum Gasteiger partial charge on any atom is 0.175 e. The fourth-order valence-electron chi connectivity index (χ4n) is 2.81. The summed E-state index contributed by atoms with van der Waals surface area (Å²) in [5.41, 5.74) is 8.41. The predicted molar refractivity (Wildman–Crippen MR) is 117 cm³/mol. The van der Waals surface area contributed by atoms with Crippen LogP contribution < -0.4 is 11.1 Å². The van der Waals surface area contributed by atoms with E-state index in [9.17, 15) is 8.42 Å². The first-order valence-corrected chi connectivity index (χ1v) is 10.8. The van der Waals surface area contributed by atoms with E-state index in [0.717, 1.165) is 16.5 Å². The zero-order valence-electron chi connectivity index (χ0n) is 16.0. The van der Waals surface area contributed by atoms with Crippen LogP contribution in [0.15, 0.2) is 72.1 Å². The third-order valence-electron chi connectivity index (χ3n) is 4.37. The Balaban J connectivity index is 1.67. The average molecular weight is 415 g/mol. The molecule has 148 valence electrons. The lowest BCUT2D eigenvalue weighted by atomic mass is 10.1. The highest BCUT2D eigenvalue weighted by molar-refractivity contribution is 7.90. The zero-order chi connectivity index (χ0) is 21.1. The molecule has 0 amide bonds. The molecule has 0 unspecified atom stereocenters. The molecule has 4 rings (SSSR count). The average Bonchev–Trinajstić information content (AvgIpc) is 2.73. The first kappa shape index (κ1) is 19.4. The van der Waals surface area contributed by atoms with Crippen molar-refractivity contribution >= 4 is 37.8 Å². The van der Waals surface area contributed by atoms with E-state index >= 15 is 0 Å². The monoisotopic (exact) mass is 415 g/mol. The van der Waals surface area contributed by atoms with Gasteiger partial charge in [0.1, 0.15) is 11.5 Å². The molecule has 0 aliphatic heterocycles. The van der Waals surface area contributed by atoms with Crippen molar-refractivity contribution in [3.05, 3.63) is 78.5 Å². The first-order valence-electron chi connectivity index (χ1n) is 8.93. The van der Waals surface area contributed by atoms with Crippen LogP contribution >= 0.6 is 0 Å². The van der Waals surface area contributed by atoms with E-state index in [4.69, 9.17) is 5.73 Å². The van der Waals surface area contributed by atoms with E-state index in [-0.39, 0.29) is 4.90 Å². The van der Waals surface area contributed by atoms with Gasteiger partial charge in [0, 0.05) is 41.3 Å². The van der Waals surface area contributed by atoms with Gasteiger partial charge in [0.25, 0.3) is 0 Å². The highest BCUT2D eigenvalue weighted by atomic mass is 32.2. The van der Waals surface area contributed by atoms with Gasteiger partial charge in [0.2, 0.25) is 0 Å². The Morgan fingerprint density at radius 3 is 2.50 bits per heavy atom. The van der Waals surface area contributed by atoms with E-state index in [2.05, 4.69) is 32.1 Å². The molecule has 0 saturated heterocycles. The molecule has 0 atom stereocenters. The Labute approximate surface area is 173 Å². The van der Waals surface area contributed by atoms with E-state index in [0.29, 0.717) is 22.8 Å². The van der Waals surface area contributed by atoms with Crippen LogP contribution in [0.4, 0.5) is 17.2 Å². The van der Waals surface area contributed by atoms with Gasteiger partial charge in [0.05, 0.1) is 22.3 Å². The predicted octanol–water partition coefficient (Wildman–Crippen LogP) is 3.15. The maximum atomic E-state index is 11.6. The van der Waals surface area contributed by atoms with Gasteiger partial charge in [-0.05, 0) is 48.4 Å². The van der Waals surface area contributed by atoms with Crippen LogP contribution in [-0.2, 0) is 9.84 Å². The van der Waals surface area contributed by atoms with E-state index in [1.165, 1.54) is 6.26 Å². The third-order valence-corrected chi connectivity index (χ3v) is 5.50. The van der Waals surface area contributed by atoms with Crippen molar-refractivity contribution in [1.29, 1.82) is 0 Å². The van der Waals surface area contributed by atoms with Crippen molar-refractivity contribution in [3.8, 4) is 11.8 Å². The normalized spacial score (nSPS) is 11.0. The topological polar surface area (TPSA) is 111 Å². The lowest BCUT2D eigenvalue weighted by molar-refractivity contribution is 0.602. The molecule has 7 nitrogen and oxygen atoms in total. The fourth-order valence-corrected chi connectivity index (χ4v) is 3.44. The van der Waals surface area contributed by atoms with Crippen molar-refractivity contribution in [3.63, 3.8) is 0 Å². The van der Waals surface area contributed by atoms with Crippen LogP contribution in [0.5, 0.6) is 0 Å². The summed E-state index contributed by atoms with van der Waals surface area (Å²) in [6, 6.07) is 12.0. The van der Waals surface area contributed by atoms with Gasteiger partial charge in [-0.1, -0.05) is 5.92 Å². The molecular formula is C22H17N5O2S. The van der Waals surface area contributed by atoms with Crippen LogP contribution in [0.25, 0.3) is 10.8 Å². The second-order valence-corrected chi connectivity index (χ2v) is 8.60. The number of hydrogen-bond acceptors (Lipinski definition) is 7. The molecule has 3 N–H and O–H groups in total. The van der Waals surface area contributed by atoms with E-state index < -0.39 is 9.84 Å². The summed E-state index contributed by atoms with van der Waals surface area (Å²) in [5.74, 6) is 6.70. The Morgan fingerprint density at radius 2 is 1.77 bits per heavy atom. The van der Waals surface area contributed by atoms with Crippen LogP contribution in [0, 0.1) is 11.8 Å². The summed E-state index contributed by atoms with van der Waals surface area (Å²) < 4.78 is 23.2. The van der Waals surface area contributed by atoms with Gasteiger partial charge in [-0.15, -0.1) is 0 Å². The number of aromatic nitrogens is 3. The number of pyridine rings is 3. The van der Waals surface area contributed by atoms with Gasteiger partial charge in [-0.2, -0.15) is 0 Å². The Kier molecular flexibility index (Phi) is 5.04. The largest absolute Gasteiger partial charge is 0.396 e. The molecule has 0 aliphatic carbocycles. The maximum absolute atomic E-state index is 11.6. The minimum atomic E-state index is -3.24. The van der Waals surface area contributed by atoms with Gasteiger partial charge in [-0.3, -0.25) is 4.98 Å². The molecule has 0 bridgehead atoms. The molecule has 0 radical (unpaired) electrons. The second kappa shape index (κ2) is 7.81. The van der Waals surface area contributed by atoms with Gasteiger partial charge < -0.3 is 11.1 Å². The summed E-state index contributed by atoms with van der Waals surface area (Å²) in [7, 11) is -3.24. The molecule has 3 heterocycles. The molecule has 8 heteroatoms. The number of anilines is 3. The minimum Gasteiger partial charge on any atom is -0.396 e. The number of rotatable bonds is 3. The van der Waals surface area contributed by atoms with Crippen molar-refractivity contribution in [2.45, 2.75) is 4.90 Å². The number of fused-ring (bicyclic) bond motifs is 1. The summed E-state index contributed by atoms with van der Waals surface area (Å²) in [4.78, 5) is 13.0. The van der Waals surface area contributed by atoms with Gasteiger partial charge in [0.15, 0.2) is 9.84 Å². The number of nitrogens with one attached hydrogen (secondary N) is 1. The quantitative estimate of drug-likeness (QED) is 0.495. The lowest BCUT2D eigenvalue weighted by Gasteiger charge is -2.08. The molecule has 0 aliphatic rings. The molecule has 0 saturated carbocycles. The molecule has 4 aromatic rings. The Hall–Kier alpha value is -3.96. The smallest absolute Gasteiger partial charge is 0.175 e. The summed E-state index contributed by atoms with van der Waals surface area (Å²) >= 11 is 0. The number of nitrogens with two attached hydrogens (primary N) is 1. The summed E-state index contributed by atoms with van der Waals surface area (Å²) in [6.45, 7) is 0. The SMILES string of the molecule is CS(=O)(=O)c1ccc(Nc2cc3c(C#Cc4ccncc4N)nccc3cn2)cc1. The minimum absolute atomic E-state index is 0.261. The first-order chi connectivity index (χ1) is 14.4. The second-order valence-electron chi connectivity index (χ2n) is 6.58. The van der Waals surface area contributed by atoms with Crippen molar-refractivity contribution in [2.24, 2.45) is 0 Å². The highest BCUT2D eigenvalue weighted by Crippen LogP contribution is 2.22. The number of nitrogens with zero attached hydrogens (tertiary/aromatic N) is 3. The lowest BCUT2D eigenvalue weighted by Crippen LogP contribution is -1.98. The van der Waals surface area contributed by atoms with Crippen LogP contribution in [0.2, 0.25) is 0 Å². The summed E-state index contributed by atoms with van der Waals surface area (Å²) in [6.07, 6.45) is 7.78. The van der Waals surface area contributed by atoms with E-state index in [1.54, 1.807) is 55.1 Å². The standard InChI is InChI=1S/C22H17N5O2S/c1-30(28,29)18-5-3-17(4-6-18)27-22-12-19-16(13-26-22)9-11-25-21(19)7-2-15-8-10-24-14-20(15)23/h3-6,8-14H,23H2,1H3,(H,26,27). The van der Waals surface area contributed by atoms with Crippen molar-refractivity contribution < 1.29 is 8.42 Å². The number of nitrogen functional groups attached to an aromatic ring is 1. The van der Waals surface area contributed by atoms with Crippen molar-refractivity contribution in [2.75, 3.05) is 17.3 Å². The van der Waals surface area contributed by atoms with Crippen molar-refractivity contribution in [1.82, 2.24) is 15.0 Å². The zero-order valence-corrected chi connectivity index (χ0v) is 16.8. The number of sulfone groups is 1. The Morgan fingerprint density at radius 1 is 0.967 bits per heavy atom. The van der Waals surface area contributed by atoms with Gasteiger partial charge >= 0.3 is 0 Å². The van der Waals surface area contributed by atoms with E-state index in [1.807, 2.05) is 12.1 Å². The number of benzene rings is 1. The van der Waals surface area contributed by atoms with Crippen LogP contribution in [0.1, 0.15) is 11.3 Å². The molecule has 0 spiro atoms. The number of hydrogen-bond donors (Lipinski definition) is 2. The van der Waals surface area contributed by atoms with Gasteiger partial charge in [-0.25, -0.2) is 18.4 Å². The molecule has 0 fully saturated rings. The molecule has 30 heavy (non-hydrogen) atoms.